The van der Waals surface area contributed by atoms with Crippen molar-refractivity contribution in [2.75, 3.05) is 6.54 Å². The van der Waals surface area contributed by atoms with Gasteiger partial charge in [0.1, 0.15) is 5.82 Å². The fourth-order valence-corrected chi connectivity index (χ4v) is 2.98. The molecule has 0 saturated carbocycles. The standard InChI is InChI=1S/C18H21FIN/c1-4-9-21-18(14-5-7-15(20)8-6-14)17-13(3)10-12(2)11-16(17)19/h5-8,10-11,18,21H,4,9H2,1-3H3. The van der Waals surface area contributed by atoms with Crippen molar-refractivity contribution < 1.29 is 4.39 Å². The summed E-state index contributed by atoms with van der Waals surface area (Å²) in [5, 5.41) is 3.48. The second-order valence-electron chi connectivity index (χ2n) is 5.42. The molecule has 2 aromatic rings. The highest BCUT2D eigenvalue weighted by Crippen LogP contribution is 2.29. The number of rotatable bonds is 5. The maximum Gasteiger partial charge on any atom is 0.128 e. The average molecular weight is 397 g/mol. The summed E-state index contributed by atoms with van der Waals surface area (Å²) in [6, 6.07) is 11.9. The molecule has 1 nitrogen and oxygen atoms in total. The molecule has 0 aliphatic rings. The molecule has 21 heavy (non-hydrogen) atoms. The van der Waals surface area contributed by atoms with Crippen molar-refractivity contribution in [1.29, 1.82) is 0 Å². The predicted octanol–water partition coefficient (Wildman–Crippen LogP) is 5.14. The molecule has 0 aliphatic heterocycles. The molecule has 0 radical (unpaired) electrons. The van der Waals surface area contributed by atoms with Gasteiger partial charge in [0.15, 0.2) is 0 Å². The lowest BCUT2D eigenvalue weighted by Gasteiger charge is -2.22. The molecule has 0 fully saturated rings. The largest absolute Gasteiger partial charge is 0.306 e. The van der Waals surface area contributed by atoms with E-state index < -0.39 is 0 Å². The zero-order chi connectivity index (χ0) is 15.4. The summed E-state index contributed by atoms with van der Waals surface area (Å²) in [6.45, 7) is 6.90. The number of halogens is 2. The minimum atomic E-state index is -0.125. The van der Waals surface area contributed by atoms with Gasteiger partial charge in [-0.2, -0.15) is 0 Å². The van der Waals surface area contributed by atoms with Crippen molar-refractivity contribution in [1.82, 2.24) is 5.32 Å². The van der Waals surface area contributed by atoms with Gasteiger partial charge in [0.05, 0.1) is 6.04 Å². The van der Waals surface area contributed by atoms with Crippen LogP contribution < -0.4 is 5.32 Å². The highest BCUT2D eigenvalue weighted by Gasteiger charge is 2.19. The van der Waals surface area contributed by atoms with Crippen LogP contribution in [-0.4, -0.2) is 6.54 Å². The van der Waals surface area contributed by atoms with Crippen molar-refractivity contribution in [2.24, 2.45) is 0 Å². The van der Waals surface area contributed by atoms with Crippen LogP contribution in [0.25, 0.3) is 0 Å². The smallest absolute Gasteiger partial charge is 0.128 e. The predicted molar refractivity (Wildman–Crippen MR) is 95.2 cm³/mol. The summed E-state index contributed by atoms with van der Waals surface area (Å²) in [5.41, 5.74) is 3.83. The van der Waals surface area contributed by atoms with Gasteiger partial charge in [-0.3, -0.25) is 0 Å². The summed E-state index contributed by atoms with van der Waals surface area (Å²) in [7, 11) is 0. The summed E-state index contributed by atoms with van der Waals surface area (Å²) in [6.07, 6.45) is 1.02. The van der Waals surface area contributed by atoms with Gasteiger partial charge in [0, 0.05) is 9.13 Å². The van der Waals surface area contributed by atoms with Crippen LogP contribution in [0, 0.1) is 23.2 Å². The normalized spacial score (nSPS) is 12.4. The second-order valence-corrected chi connectivity index (χ2v) is 6.66. The molecule has 0 amide bonds. The summed E-state index contributed by atoms with van der Waals surface area (Å²) in [4.78, 5) is 0. The second kappa shape index (κ2) is 7.36. The Labute approximate surface area is 140 Å². The molecule has 0 spiro atoms. The molecule has 1 N–H and O–H groups in total. The number of aryl methyl sites for hydroxylation is 2. The first-order valence-electron chi connectivity index (χ1n) is 7.28. The Morgan fingerprint density at radius 1 is 1.14 bits per heavy atom. The van der Waals surface area contributed by atoms with Gasteiger partial charge >= 0.3 is 0 Å². The topological polar surface area (TPSA) is 12.0 Å². The highest BCUT2D eigenvalue weighted by atomic mass is 127. The monoisotopic (exact) mass is 397 g/mol. The third kappa shape index (κ3) is 4.04. The van der Waals surface area contributed by atoms with E-state index >= 15 is 0 Å². The van der Waals surface area contributed by atoms with E-state index in [1.165, 1.54) is 3.57 Å². The van der Waals surface area contributed by atoms with Crippen LogP contribution >= 0.6 is 22.6 Å². The van der Waals surface area contributed by atoms with E-state index in [4.69, 9.17) is 0 Å². The van der Waals surface area contributed by atoms with E-state index in [1.54, 1.807) is 6.07 Å². The van der Waals surface area contributed by atoms with Gasteiger partial charge in [0.25, 0.3) is 0 Å². The molecule has 1 unspecified atom stereocenters. The molecule has 2 rings (SSSR count). The zero-order valence-electron chi connectivity index (χ0n) is 12.7. The summed E-state index contributed by atoms with van der Waals surface area (Å²) in [5.74, 6) is -0.125. The third-order valence-electron chi connectivity index (χ3n) is 3.57. The highest BCUT2D eigenvalue weighted by molar-refractivity contribution is 14.1. The average Bonchev–Trinajstić information content (AvgIpc) is 2.42. The fraction of sp³-hybridized carbons (Fsp3) is 0.333. The van der Waals surface area contributed by atoms with Crippen LogP contribution in [0.1, 0.15) is 41.6 Å². The van der Waals surface area contributed by atoms with E-state index in [-0.39, 0.29) is 11.9 Å². The first-order chi connectivity index (χ1) is 10.0. The quantitative estimate of drug-likeness (QED) is 0.690. The van der Waals surface area contributed by atoms with Crippen molar-refractivity contribution in [3.05, 3.63) is 68.0 Å². The van der Waals surface area contributed by atoms with E-state index in [9.17, 15) is 4.39 Å². The molecular formula is C18H21FIN. The number of nitrogens with one attached hydrogen (secondary N) is 1. The maximum absolute atomic E-state index is 14.5. The number of hydrogen-bond donors (Lipinski definition) is 1. The molecule has 0 bridgehead atoms. The number of hydrogen-bond acceptors (Lipinski definition) is 1. The maximum atomic E-state index is 14.5. The molecule has 2 aromatic carbocycles. The molecular weight excluding hydrogens is 376 g/mol. The van der Waals surface area contributed by atoms with Crippen molar-refractivity contribution >= 4 is 22.6 Å². The molecule has 0 heterocycles. The van der Waals surface area contributed by atoms with E-state index in [2.05, 4.69) is 59.1 Å². The van der Waals surface area contributed by atoms with E-state index in [0.29, 0.717) is 0 Å². The molecule has 3 heteroatoms. The first kappa shape index (κ1) is 16.4. The zero-order valence-corrected chi connectivity index (χ0v) is 14.9. The SMILES string of the molecule is CCCNC(c1ccc(I)cc1)c1c(C)cc(C)cc1F. The van der Waals surface area contributed by atoms with Crippen molar-refractivity contribution in [3.8, 4) is 0 Å². The Morgan fingerprint density at radius 3 is 2.38 bits per heavy atom. The van der Waals surface area contributed by atoms with Gasteiger partial charge < -0.3 is 5.32 Å². The molecule has 0 aromatic heterocycles. The van der Waals surface area contributed by atoms with Crippen molar-refractivity contribution in [3.63, 3.8) is 0 Å². The molecule has 1 atom stereocenters. The van der Waals surface area contributed by atoms with Crippen LogP contribution in [0.15, 0.2) is 36.4 Å². The van der Waals surface area contributed by atoms with Gasteiger partial charge in [-0.15, -0.1) is 0 Å². The van der Waals surface area contributed by atoms with Gasteiger partial charge in [-0.1, -0.05) is 25.1 Å². The lowest BCUT2D eigenvalue weighted by atomic mass is 9.93. The lowest BCUT2D eigenvalue weighted by molar-refractivity contribution is 0.543. The molecule has 0 aliphatic carbocycles. The first-order valence-corrected chi connectivity index (χ1v) is 8.36. The van der Waals surface area contributed by atoms with Gasteiger partial charge in [-0.25, -0.2) is 4.39 Å². The Hall–Kier alpha value is -0.940. The van der Waals surface area contributed by atoms with Crippen molar-refractivity contribution in [2.45, 2.75) is 33.2 Å². The lowest BCUT2D eigenvalue weighted by Crippen LogP contribution is -2.25. The van der Waals surface area contributed by atoms with Crippen LogP contribution in [0.2, 0.25) is 0 Å². The Bertz CT molecular complexity index is 584. The van der Waals surface area contributed by atoms with E-state index in [0.717, 1.165) is 35.2 Å². The van der Waals surface area contributed by atoms with Crippen LogP contribution in [0.3, 0.4) is 0 Å². The summed E-state index contributed by atoms with van der Waals surface area (Å²) < 4.78 is 15.7. The van der Waals surface area contributed by atoms with Crippen LogP contribution in [-0.2, 0) is 0 Å². The molecule has 0 saturated heterocycles. The van der Waals surface area contributed by atoms with Crippen LogP contribution in [0.5, 0.6) is 0 Å². The minimum Gasteiger partial charge on any atom is -0.306 e. The minimum absolute atomic E-state index is 0.0949. The summed E-state index contributed by atoms with van der Waals surface area (Å²) >= 11 is 2.29. The van der Waals surface area contributed by atoms with Gasteiger partial charge in [0.2, 0.25) is 0 Å². The van der Waals surface area contributed by atoms with Gasteiger partial charge in [-0.05, 0) is 84.3 Å². The Morgan fingerprint density at radius 2 is 1.81 bits per heavy atom. The fourth-order valence-electron chi connectivity index (χ4n) is 2.62. The Kier molecular flexibility index (Phi) is 5.76. The number of benzene rings is 2. The van der Waals surface area contributed by atoms with Crippen LogP contribution in [0.4, 0.5) is 4.39 Å². The van der Waals surface area contributed by atoms with E-state index in [1.807, 2.05) is 19.9 Å². The Balaban J connectivity index is 2.47. The third-order valence-corrected chi connectivity index (χ3v) is 4.29. The molecule has 112 valence electrons.